The molecule has 0 aliphatic carbocycles. The average molecular weight is 298 g/mol. The molecule has 0 saturated heterocycles. The summed E-state index contributed by atoms with van der Waals surface area (Å²) < 4.78 is 26.2. The fourth-order valence-electron chi connectivity index (χ4n) is 1.77. The van der Waals surface area contributed by atoms with Gasteiger partial charge in [-0.3, -0.25) is 4.79 Å². The number of nitrogens with one attached hydrogen (secondary N) is 2. The van der Waals surface area contributed by atoms with E-state index >= 15 is 0 Å². The number of carbonyl (C=O) groups is 1. The second kappa shape index (κ2) is 8.01. The van der Waals surface area contributed by atoms with Gasteiger partial charge in [-0.15, -0.1) is 0 Å². The summed E-state index contributed by atoms with van der Waals surface area (Å²) in [6, 6.07) is 8.28. The lowest BCUT2D eigenvalue weighted by Crippen LogP contribution is -2.36. The van der Waals surface area contributed by atoms with E-state index in [1.54, 1.807) is 18.2 Å². The minimum Gasteiger partial charge on any atom is -0.353 e. The zero-order valence-electron chi connectivity index (χ0n) is 11.9. The van der Waals surface area contributed by atoms with Crippen LogP contribution < -0.4 is 10.0 Å². The third-order valence-corrected chi connectivity index (χ3v) is 4.53. The van der Waals surface area contributed by atoms with E-state index < -0.39 is 10.0 Å². The van der Waals surface area contributed by atoms with Gasteiger partial charge in [-0.1, -0.05) is 32.0 Å². The fourth-order valence-corrected chi connectivity index (χ4v) is 2.83. The van der Waals surface area contributed by atoms with Gasteiger partial charge in [0.1, 0.15) is 0 Å². The van der Waals surface area contributed by atoms with Crippen LogP contribution in [0.5, 0.6) is 0 Å². The van der Waals surface area contributed by atoms with Crippen LogP contribution in [0.1, 0.15) is 33.1 Å². The van der Waals surface area contributed by atoms with Crippen molar-refractivity contribution >= 4 is 15.9 Å². The van der Waals surface area contributed by atoms with Crippen LogP contribution in [0.2, 0.25) is 0 Å². The number of rotatable bonds is 8. The Labute approximate surface area is 120 Å². The molecule has 0 spiro atoms. The summed E-state index contributed by atoms with van der Waals surface area (Å²) in [6.07, 6.45) is 1.89. The quantitative estimate of drug-likeness (QED) is 0.766. The largest absolute Gasteiger partial charge is 0.353 e. The number of sulfonamides is 1. The maximum absolute atomic E-state index is 11.9. The molecule has 6 heteroatoms. The lowest BCUT2D eigenvalue weighted by atomic mass is 10.1. The van der Waals surface area contributed by atoms with Gasteiger partial charge in [0, 0.05) is 19.0 Å². The molecule has 0 unspecified atom stereocenters. The number of carbonyl (C=O) groups excluding carboxylic acids is 1. The van der Waals surface area contributed by atoms with E-state index in [9.17, 15) is 13.2 Å². The molecule has 5 nitrogen and oxygen atoms in total. The Bertz CT molecular complexity index is 510. The van der Waals surface area contributed by atoms with Gasteiger partial charge >= 0.3 is 0 Å². The molecule has 0 aliphatic rings. The first-order valence-corrected chi connectivity index (χ1v) is 8.32. The Morgan fingerprint density at radius 1 is 1.15 bits per heavy atom. The molecule has 0 radical (unpaired) electrons. The molecule has 1 aromatic carbocycles. The lowest BCUT2D eigenvalue weighted by molar-refractivity contribution is -0.121. The van der Waals surface area contributed by atoms with Gasteiger partial charge in [-0.25, -0.2) is 13.1 Å². The highest BCUT2D eigenvalue weighted by atomic mass is 32.2. The molecule has 0 heterocycles. The second-order valence-electron chi connectivity index (χ2n) is 4.54. The number of benzene rings is 1. The molecule has 1 amide bonds. The number of amides is 1. The fraction of sp³-hybridized carbons (Fsp3) is 0.500. The van der Waals surface area contributed by atoms with Crippen LogP contribution in [0, 0.1) is 0 Å². The molecule has 0 bridgehead atoms. The zero-order chi connectivity index (χ0) is 15.0. The predicted octanol–water partition coefficient (Wildman–Crippen LogP) is 1.66. The molecule has 1 aromatic rings. The highest BCUT2D eigenvalue weighted by Crippen LogP contribution is 2.06. The van der Waals surface area contributed by atoms with Crippen molar-refractivity contribution < 1.29 is 13.2 Å². The minimum absolute atomic E-state index is 0.100. The van der Waals surface area contributed by atoms with Crippen LogP contribution >= 0.6 is 0 Å². The summed E-state index contributed by atoms with van der Waals surface area (Å²) >= 11 is 0. The van der Waals surface area contributed by atoms with Crippen LogP contribution in [-0.2, 0) is 14.8 Å². The molecular weight excluding hydrogens is 276 g/mol. The van der Waals surface area contributed by atoms with Crippen LogP contribution in [-0.4, -0.2) is 26.9 Å². The monoisotopic (exact) mass is 298 g/mol. The van der Waals surface area contributed by atoms with E-state index in [-0.39, 0.29) is 29.8 Å². The third kappa shape index (κ3) is 5.30. The number of hydrogen-bond donors (Lipinski definition) is 2. The Morgan fingerprint density at radius 2 is 1.75 bits per heavy atom. The third-order valence-electron chi connectivity index (χ3n) is 3.05. The molecule has 0 aromatic heterocycles. The Kier molecular flexibility index (Phi) is 6.67. The maximum Gasteiger partial charge on any atom is 0.240 e. The summed E-state index contributed by atoms with van der Waals surface area (Å²) in [5.41, 5.74) is 0. The molecular formula is C14H22N2O3S. The van der Waals surface area contributed by atoms with Gasteiger partial charge < -0.3 is 5.32 Å². The average Bonchev–Trinajstić information content (AvgIpc) is 2.45. The first-order valence-electron chi connectivity index (χ1n) is 6.83. The van der Waals surface area contributed by atoms with Crippen molar-refractivity contribution in [2.24, 2.45) is 0 Å². The summed E-state index contributed by atoms with van der Waals surface area (Å²) in [6.45, 7) is 4.11. The minimum atomic E-state index is -3.53. The van der Waals surface area contributed by atoms with Crippen molar-refractivity contribution in [2.45, 2.75) is 44.0 Å². The van der Waals surface area contributed by atoms with Crippen molar-refractivity contribution in [3.05, 3.63) is 30.3 Å². The zero-order valence-corrected chi connectivity index (χ0v) is 12.7. The van der Waals surface area contributed by atoms with E-state index in [1.807, 2.05) is 13.8 Å². The van der Waals surface area contributed by atoms with E-state index in [0.717, 1.165) is 12.8 Å². The van der Waals surface area contributed by atoms with Gasteiger partial charge in [-0.2, -0.15) is 0 Å². The molecule has 2 N–H and O–H groups in total. The van der Waals surface area contributed by atoms with E-state index in [1.165, 1.54) is 12.1 Å². The summed E-state index contributed by atoms with van der Waals surface area (Å²) in [5.74, 6) is -0.130. The maximum atomic E-state index is 11.9. The van der Waals surface area contributed by atoms with E-state index in [2.05, 4.69) is 10.0 Å². The Balaban J connectivity index is 2.43. The highest BCUT2D eigenvalue weighted by Gasteiger charge is 2.14. The summed E-state index contributed by atoms with van der Waals surface area (Å²) in [7, 11) is -3.53. The first kappa shape index (κ1) is 16.7. The van der Waals surface area contributed by atoms with E-state index in [0.29, 0.717) is 0 Å². The van der Waals surface area contributed by atoms with Crippen molar-refractivity contribution in [3.63, 3.8) is 0 Å². The first-order chi connectivity index (χ1) is 9.49. The molecule has 0 atom stereocenters. The van der Waals surface area contributed by atoms with Crippen molar-refractivity contribution in [2.75, 3.05) is 6.54 Å². The molecule has 0 aliphatic heterocycles. The van der Waals surface area contributed by atoms with Gasteiger partial charge in [0.05, 0.1) is 4.90 Å². The lowest BCUT2D eigenvalue weighted by Gasteiger charge is -2.14. The normalized spacial score (nSPS) is 11.6. The summed E-state index contributed by atoms with van der Waals surface area (Å²) in [5, 5.41) is 2.87. The Hall–Kier alpha value is -1.40. The van der Waals surface area contributed by atoms with Crippen molar-refractivity contribution in [1.29, 1.82) is 0 Å². The Morgan fingerprint density at radius 3 is 2.30 bits per heavy atom. The van der Waals surface area contributed by atoms with Crippen LogP contribution in [0.15, 0.2) is 35.2 Å². The van der Waals surface area contributed by atoms with Gasteiger partial charge in [0.15, 0.2) is 0 Å². The summed E-state index contributed by atoms with van der Waals surface area (Å²) in [4.78, 5) is 11.9. The molecule has 112 valence electrons. The molecule has 0 saturated carbocycles. The number of hydrogen-bond acceptors (Lipinski definition) is 3. The van der Waals surface area contributed by atoms with E-state index in [4.69, 9.17) is 0 Å². The highest BCUT2D eigenvalue weighted by molar-refractivity contribution is 7.89. The van der Waals surface area contributed by atoms with Gasteiger partial charge in [-0.05, 0) is 25.0 Å². The van der Waals surface area contributed by atoms with Crippen LogP contribution in [0.3, 0.4) is 0 Å². The molecule has 0 fully saturated rings. The van der Waals surface area contributed by atoms with Crippen molar-refractivity contribution in [1.82, 2.24) is 10.0 Å². The van der Waals surface area contributed by atoms with Crippen molar-refractivity contribution in [3.8, 4) is 0 Å². The van der Waals surface area contributed by atoms with Crippen LogP contribution in [0.25, 0.3) is 0 Å². The van der Waals surface area contributed by atoms with Gasteiger partial charge in [0.25, 0.3) is 0 Å². The van der Waals surface area contributed by atoms with Gasteiger partial charge in [0.2, 0.25) is 15.9 Å². The topological polar surface area (TPSA) is 75.3 Å². The predicted molar refractivity (Wildman–Crippen MR) is 78.8 cm³/mol. The standard InChI is InChI=1S/C14H22N2O3S/c1-3-12(4-2)16-14(17)10-11-15-20(18,19)13-8-6-5-7-9-13/h5-9,12,15H,3-4,10-11H2,1-2H3,(H,16,17). The smallest absolute Gasteiger partial charge is 0.240 e. The SMILES string of the molecule is CCC(CC)NC(=O)CCNS(=O)(=O)c1ccccc1. The van der Waals surface area contributed by atoms with Crippen LogP contribution in [0.4, 0.5) is 0 Å². The molecule has 20 heavy (non-hydrogen) atoms. The second-order valence-corrected chi connectivity index (χ2v) is 6.31. The molecule has 1 rings (SSSR count).